The van der Waals surface area contributed by atoms with Gasteiger partial charge in [-0.1, -0.05) is 0 Å². The van der Waals surface area contributed by atoms with E-state index < -0.39 is 0 Å². The van der Waals surface area contributed by atoms with Crippen LogP contribution in [0.3, 0.4) is 0 Å². The predicted molar refractivity (Wildman–Crippen MR) is 69.5 cm³/mol. The summed E-state index contributed by atoms with van der Waals surface area (Å²) < 4.78 is 5.61. The molecule has 1 aromatic heterocycles. The molecule has 3 N–H and O–H groups in total. The summed E-state index contributed by atoms with van der Waals surface area (Å²) in [6.45, 7) is 1.43. The number of aromatic nitrogens is 1. The Kier molecular flexibility index (Phi) is 3.43. The van der Waals surface area contributed by atoms with Crippen molar-refractivity contribution in [3.8, 4) is 11.5 Å². The number of ether oxygens (including phenoxy) is 1. The Morgan fingerprint density at radius 3 is 2.61 bits per heavy atom. The van der Waals surface area contributed by atoms with E-state index >= 15 is 0 Å². The standard InChI is InChI=1S/C13H13N3O2/c1-9(17)16-13-8-12(6-7-15-13)18-11-4-2-10(14)3-5-11/h2-8H,14H2,1H3,(H,15,16,17). The van der Waals surface area contributed by atoms with Gasteiger partial charge in [-0.25, -0.2) is 4.98 Å². The third-order valence-electron chi connectivity index (χ3n) is 2.15. The van der Waals surface area contributed by atoms with Gasteiger partial charge in [-0.2, -0.15) is 0 Å². The Morgan fingerprint density at radius 1 is 1.22 bits per heavy atom. The van der Waals surface area contributed by atoms with Gasteiger partial charge in [0, 0.05) is 24.9 Å². The number of hydrogen-bond acceptors (Lipinski definition) is 4. The van der Waals surface area contributed by atoms with Crippen molar-refractivity contribution >= 4 is 17.4 Å². The highest BCUT2D eigenvalue weighted by molar-refractivity contribution is 5.87. The van der Waals surface area contributed by atoms with Gasteiger partial charge in [0.05, 0.1) is 0 Å². The zero-order valence-corrected chi connectivity index (χ0v) is 9.88. The van der Waals surface area contributed by atoms with Gasteiger partial charge in [-0.15, -0.1) is 0 Å². The molecule has 0 bridgehead atoms. The zero-order chi connectivity index (χ0) is 13.0. The first-order valence-corrected chi connectivity index (χ1v) is 5.40. The van der Waals surface area contributed by atoms with Crippen LogP contribution in [-0.4, -0.2) is 10.9 Å². The topological polar surface area (TPSA) is 77.2 Å². The Labute approximate surface area is 105 Å². The highest BCUT2D eigenvalue weighted by Gasteiger charge is 2.01. The normalized spacial score (nSPS) is 9.83. The Bertz CT molecular complexity index is 552. The first-order valence-electron chi connectivity index (χ1n) is 5.40. The van der Waals surface area contributed by atoms with E-state index in [9.17, 15) is 4.79 Å². The van der Waals surface area contributed by atoms with E-state index in [1.54, 1.807) is 42.6 Å². The molecule has 0 aliphatic carbocycles. The maximum Gasteiger partial charge on any atom is 0.222 e. The minimum absolute atomic E-state index is 0.174. The lowest BCUT2D eigenvalue weighted by molar-refractivity contribution is -0.114. The van der Waals surface area contributed by atoms with E-state index in [2.05, 4.69) is 10.3 Å². The molecular weight excluding hydrogens is 230 g/mol. The maximum atomic E-state index is 10.9. The van der Waals surface area contributed by atoms with Crippen LogP contribution in [0.4, 0.5) is 11.5 Å². The molecule has 1 aromatic carbocycles. The zero-order valence-electron chi connectivity index (χ0n) is 9.88. The summed E-state index contributed by atoms with van der Waals surface area (Å²) in [4.78, 5) is 14.9. The fourth-order valence-electron chi connectivity index (χ4n) is 1.40. The molecule has 1 heterocycles. The second-order valence-corrected chi connectivity index (χ2v) is 3.73. The monoisotopic (exact) mass is 243 g/mol. The van der Waals surface area contributed by atoms with Crippen molar-refractivity contribution in [1.82, 2.24) is 4.98 Å². The van der Waals surface area contributed by atoms with Crippen molar-refractivity contribution in [2.75, 3.05) is 11.1 Å². The second kappa shape index (κ2) is 5.18. The molecule has 2 rings (SSSR count). The molecule has 1 amide bonds. The minimum atomic E-state index is -0.174. The summed E-state index contributed by atoms with van der Waals surface area (Å²) in [5, 5.41) is 2.59. The number of carbonyl (C=O) groups excluding carboxylic acids is 1. The second-order valence-electron chi connectivity index (χ2n) is 3.73. The van der Waals surface area contributed by atoms with Crippen molar-refractivity contribution in [2.24, 2.45) is 0 Å². The molecular formula is C13H13N3O2. The maximum absolute atomic E-state index is 10.9. The number of amides is 1. The highest BCUT2D eigenvalue weighted by atomic mass is 16.5. The van der Waals surface area contributed by atoms with E-state index in [1.807, 2.05) is 0 Å². The smallest absolute Gasteiger partial charge is 0.222 e. The minimum Gasteiger partial charge on any atom is -0.457 e. The lowest BCUT2D eigenvalue weighted by Crippen LogP contribution is -2.07. The van der Waals surface area contributed by atoms with Crippen molar-refractivity contribution in [2.45, 2.75) is 6.92 Å². The summed E-state index contributed by atoms with van der Waals surface area (Å²) in [5.41, 5.74) is 6.26. The summed E-state index contributed by atoms with van der Waals surface area (Å²) in [6, 6.07) is 10.4. The third kappa shape index (κ3) is 3.21. The molecule has 0 aliphatic heterocycles. The summed E-state index contributed by atoms with van der Waals surface area (Å²) in [7, 11) is 0. The molecule has 5 heteroatoms. The van der Waals surface area contributed by atoms with E-state index in [-0.39, 0.29) is 5.91 Å². The van der Waals surface area contributed by atoms with Gasteiger partial charge in [0.25, 0.3) is 0 Å². The van der Waals surface area contributed by atoms with Crippen LogP contribution in [0.5, 0.6) is 11.5 Å². The Balaban J connectivity index is 2.13. The molecule has 0 saturated heterocycles. The molecule has 0 unspecified atom stereocenters. The number of carbonyl (C=O) groups is 1. The first kappa shape index (κ1) is 11.9. The van der Waals surface area contributed by atoms with E-state index in [1.165, 1.54) is 6.92 Å². The molecule has 5 nitrogen and oxygen atoms in total. The fraction of sp³-hybridized carbons (Fsp3) is 0.0769. The SMILES string of the molecule is CC(=O)Nc1cc(Oc2ccc(N)cc2)ccn1. The lowest BCUT2D eigenvalue weighted by atomic mass is 10.3. The molecule has 92 valence electrons. The van der Waals surface area contributed by atoms with Gasteiger partial charge in [-0.05, 0) is 30.3 Å². The van der Waals surface area contributed by atoms with Gasteiger partial charge >= 0.3 is 0 Å². The third-order valence-corrected chi connectivity index (χ3v) is 2.15. The largest absolute Gasteiger partial charge is 0.457 e. The van der Waals surface area contributed by atoms with Crippen molar-refractivity contribution in [1.29, 1.82) is 0 Å². The number of benzene rings is 1. The van der Waals surface area contributed by atoms with Crippen LogP contribution in [-0.2, 0) is 4.79 Å². The van der Waals surface area contributed by atoms with Crippen LogP contribution in [0, 0.1) is 0 Å². The first-order chi connectivity index (χ1) is 8.63. The number of nitrogens with two attached hydrogens (primary N) is 1. The molecule has 0 spiro atoms. The average molecular weight is 243 g/mol. The van der Waals surface area contributed by atoms with Gasteiger partial charge in [0.1, 0.15) is 17.3 Å². The Hall–Kier alpha value is -2.56. The number of nitrogen functional groups attached to an aromatic ring is 1. The number of hydrogen-bond donors (Lipinski definition) is 2. The molecule has 0 radical (unpaired) electrons. The van der Waals surface area contributed by atoms with E-state index in [0.29, 0.717) is 23.0 Å². The van der Waals surface area contributed by atoms with Gasteiger partial charge in [-0.3, -0.25) is 4.79 Å². The number of anilines is 2. The molecule has 0 aliphatic rings. The number of nitrogens with one attached hydrogen (secondary N) is 1. The Morgan fingerprint density at radius 2 is 1.94 bits per heavy atom. The fourth-order valence-corrected chi connectivity index (χ4v) is 1.40. The van der Waals surface area contributed by atoms with E-state index in [4.69, 9.17) is 10.5 Å². The van der Waals surface area contributed by atoms with Crippen LogP contribution < -0.4 is 15.8 Å². The lowest BCUT2D eigenvalue weighted by Gasteiger charge is -2.07. The van der Waals surface area contributed by atoms with Gasteiger partial charge in [0.2, 0.25) is 5.91 Å². The van der Waals surface area contributed by atoms with Crippen molar-refractivity contribution < 1.29 is 9.53 Å². The van der Waals surface area contributed by atoms with Crippen LogP contribution in [0.25, 0.3) is 0 Å². The number of pyridine rings is 1. The summed E-state index contributed by atoms with van der Waals surface area (Å²) >= 11 is 0. The summed E-state index contributed by atoms with van der Waals surface area (Å²) in [6.07, 6.45) is 1.57. The van der Waals surface area contributed by atoms with Crippen LogP contribution in [0.1, 0.15) is 6.92 Å². The highest BCUT2D eigenvalue weighted by Crippen LogP contribution is 2.23. The predicted octanol–water partition coefficient (Wildman–Crippen LogP) is 2.41. The molecule has 18 heavy (non-hydrogen) atoms. The van der Waals surface area contributed by atoms with Gasteiger partial charge < -0.3 is 15.8 Å². The molecule has 2 aromatic rings. The molecule has 0 atom stereocenters. The van der Waals surface area contributed by atoms with Crippen molar-refractivity contribution in [3.63, 3.8) is 0 Å². The number of rotatable bonds is 3. The molecule has 0 fully saturated rings. The van der Waals surface area contributed by atoms with Crippen LogP contribution >= 0.6 is 0 Å². The summed E-state index contributed by atoms with van der Waals surface area (Å²) in [5.74, 6) is 1.55. The van der Waals surface area contributed by atoms with E-state index in [0.717, 1.165) is 0 Å². The number of nitrogens with zero attached hydrogens (tertiary/aromatic N) is 1. The van der Waals surface area contributed by atoms with Crippen molar-refractivity contribution in [3.05, 3.63) is 42.6 Å². The average Bonchev–Trinajstić information content (AvgIpc) is 2.32. The van der Waals surface area contributed by atoms with Gasteiger partial charge in [0.15, 0.2) is 0 Å². The van der Waals surface area contributed by atoms with Crippen LogP contribution in [0.2, 0.25) is 0 Å². The molecule has 0 saturated carbocycles. The van der Waals surface area contributed by atoms with Crippen LogP contribution in [0.15, 0.2) is 42.6 Å². The quantitative estimate of drug-likeness (QED) is 0.811.